The first-order chi connectivity index (χ1) is 7.19. The average molecular weight is 223 g/mol. The molecule has 0 radical (unpaired) electrons. The molecule has 2 N–H and O–H groups in total. The smallest absolute Gasteiger partial charge is 0.132 e. The predicted octanol–water partition coefficient (Wildman–Crippen LogP) is 2.76. The van der Waals surface area contributed by atoms with Crippen molar-refractivity contribution in [3.8, 4) is 5.75 Å². The van der Waals surface area contributed by atoms with Gasteiger partial charge in [-0.2, -0.15) is 0 Å². The summed E-state index contributed by atoms with van der Waals surface area (Å²) in [6.07, 6.45) is 5.52. The third-order valence-electron chi connectivity index (χ3n) is 3.20. The highest BCUT2D eigenvalue weighted by molar-refractivity contribution is 7.98. The molecule has 1 aliphatic carbocycles. The molecule has 1 aromatic rings. The minimum absolute atomic E-state index is 0.0727. The van der Waals surface area contributed by atoms with Crippen molar-refractivity contribution in [2.24, 2.45) is 5.73 Å². The van der Waals surface area contributed by atoms with Gasteiger partial charge in [-0.25, -0.2) is 0 Å². The van der Waals surface area contributed by atoms with Gasteiger partial charge in [-0.15, -0.1) is 11.8 Å². The lowest BCUT2D eigenvalue weighted by Gasteiger charge is -2.38. The summed E-state index contributed by atoms with van der Waals surface area (Å²) < 4.78 is 5.29. The Morgan fingerprint density at radius 1 is 1.40 bits per heavy atom. The molecular weight excluding hydrogens is 206 g/mol. The fourth-order valence-electron chi connectivity index (χ4n) is 1.99. The van der Waals surface area contributed by atoms with Crippen LogP contribution in [0.2, 0.25) is 0 Å². The zero-order chi connectivity index (χ0) is 10.9. The van der Waals surface area contributed by atoms with Crippen molar-refractivity contribution in [2.45, 2.75) is 29.7 Å². The van der Waals surface area contributed by atoms with E-state index < -0.39 is 0 Å². The maximum atomic E-state index is 6.29. The number of hydrogen-bond acceptors (Lipinski definition) is 3. The number of benzene rings is 1. The number of thioether (sulfide) groups is 1. The number of ether oxygens (including phenoxy) is 1. The molecule has 0 amide bonds. The maximum Gasteiger partial charge on any atom is 0.132 e. The van der Waals surface area contributed by atoms with Crippen molar-refractivity contribution in [3.05, 3.63) is 23.8 Å². The quantitative estimate of drug-likeness (QED) is 0.800. The fraction of sp³-hybridized carbons (Fsp3) is 0.500. The van der Waals surface area contributed by atoms with Gasteiger partial charge in [0.15, 0.2) is 0 Å². The first-order valence-electron chi connectivity index (χ1n) is 5.21. The van der Waals surface area contributed by atoms with Crippen LogP contribution in [0.4, 0.5) is 0 Å². The first-order valence-corrected chi connectivity index (χ1v) is 6.43. The Hall–Kier alpha value is -0.670. The molecule has 1 fully saturated rings. The number of nitrogens with two attached hydrogens (primary N) is 1. The topological polar surface area (TPSA) is 35.2 Å². The van der Waals surface area contributed by atoms with E-state index in [2.05, 4.69) is 18.4 Å². The van der Waals surface area contributed by atoms with E-state index in [0.29, 0.717) is 0 Å². The molecule has 1 aliphatic rings. The van der Waals surface area contributed by atoms with Crippen molar-refractivity contribution in [2.75, 3.05) is 13.4 Å². The SMILES string of the molecule is COc1ccc(C2(N)CCC2)cc1SC. The van der Waals surface area contributed by atoms with E-state index >= 15 is 0 Å². The second kappa shape index (κ2) is 4.06. The summed E-state index contributed by atoms with van der Waals surface area (Å²) in [7, 11) is 1.70. The number of rotatable bonds is 3. The summed E-state index contributed by atoms with van der Waals surface area (Å²) in [6.45, 7) is 0. The normalized spacial score (nSPS) is 18.3. The van der Waals surface area contributed by atoms with E-state index in [9.17, 15) is 0 Å². The van der Waals surface area contributed by atoms with Gasteiger partial charge in [-0.3, -0.25) is 0 Å². The zero-order valence-electron chi connectivity index (χ0n) is 9.25. The van der Waals surface area contributed by atoms with Gasteiger partial charge in [-0.05, 0) is 43.2 Å². The third kappa shape index (κ3) is 1.86. The Morgan fingerprint density at radius 3 is 2.60 bits per heavy atom. The van der Waals surface area contributed by atoms with E-state index in [1.165, 1.54) is 16.9 Å². The Morgan fingerprint density at radius 2 is 2.13 bits per heavy atom. The standard InChI is InChI=1S/C12H17NOS/c1-14-10-5-4-9(8-11(10)15-2)12(13)6-3-7-12/h4-5,8H,3,6-7,13H2,1-2H3. The van der Waals surface area contributed by atoms with Crippen LogP contribution in [-0.2, 0) is 5.54 Å². The van der Waals surface area contributed by atoms with Crippen LogP contribution in [0, 0.1) is 0 Å². The third-order valence-corrected chi connectivity index (χ3v) is 3.96. The van der Waals surface area contributed by atoms with Crippen molar-refractivity contribution >= 4 is 11.8 Å². The molecule has 0 atom stereocenters. The highest BCUT2D eigenvalue weighted by atomic mass is 32.2. The molecule has 15 heavy (non-hydrogen) atoms. The molecule has 0 bridgehead atoms. The molecule has 0 unspecified atom stereocenters. The summed E-state index contributed by atoms with van der Waals surface area (Å²) in [6, 6.07) is 6.29. The van der Waals surface area contributed by atoms with Crippen molar-refractivity contribution in [1.29, 1.82) is 0 Å². The van der Waals surface area contributed by atoms with Crippen LogP contribution in [0.3, 0.4) is 0 Å². The van der Waals surface area contributed by atoms with Crippen LogP contribution < -0.4 is 10.5 Å². The molecule has 3 heteroatoms. The van der Waals surface area contributed by atoms with Gasteiger partial charge in [0, 0.05) is 10.4 Å². The minimum Gasteiger partial charge on any atom is -0.496 e. The Bertz CT molecular complexity index is 361. The molecule has 0 heterocycles. The Kier molecular flexibility index (Phi) is 2.94. The van der Waals surface area contributed by atoms with Gasteiger partial charge in [0.2, 0.25) is 0 Å². The van der Waals surface area contributed by atoms with Gasteiger partial charge >= 0.3 is 0 Å². The lowest BCUT2D eigenvalue weighted by atomic mass is 9.73. The second-order valence-electron chi connectivity index (χ2n) is 4.08. The molecule has 82 valence electrons. The molecule has 1 aromatic carbocycles. The van der Waals surface area contributed by atoms with Crippen molar-refractivity contribution in [3.63, 3.8) is 0 Å². The molecular formula is C12H17NOS. The fourth-order valence-corrected chi connectivity index (χ4v) is 2.59. The van der Waals surface area contributed by atoms with Crippen LogP contribution in [-0.4, -0.2) is 13.4 Å². The molecule has 0 saturated heterocycles. The lowest BCUT2D eigenvalue weighted by Crippen LogP contribution is -2.43. The van der Waals surface area contributed by atoms with Crippen LogP contribution in [0.5, 0.6) is 5.75 Å². The minimum atomic E-state index is -0.0727. The summed E-state index contributed by atoms with van der Waals surface area (Å²) in [5.74, 6) is 0.939. The molecule has 2 nitrogen and oxygen atoms in total. The summed E-state index contributed by atoms with van der Waals surface area (Å²) in [5, 5.41) is 0. The van der Waals surface area contributed by atoms with E-state index in [1.54, 1.807) is 18.9 Å². The van der Waals surface area contributed by atoms with Crippen LogP contribution in [0.15, 0.2) is 23.1 Å². The summed E-state index contributed by atoms with van der Waals surface area (Å²) >= 11 is 1.70. The van der Waals surface area contributed by atoms with Gasteiger partial charge in [-0.1, -0.05) is 6.07 Å². The highest BCUT2D eigenvalue weighted by Crippen LogP contribution is 2.41. The Balaban J connectivity index is 2.34. The maximum absolute atomic E-state index is 6.29. The molecule has 0 spiro atoms. The molecule has 0 aliphatic heterocycles. The van der Waals surface area contributed by atoms with Crippen LogP contribution >= 0.6 is 11.8 Å². The van der Waals surface area contributed by atoms with Crippen LogP contribution in [0.1, 0.15) is 24.8 Å². The van der Waals surface area contributed by atoms with E-state index in [0.717, 1.165) is 18.6 Å². The van der Waals surface area contributed by atoms with Crippen molar-refractivity contribution < 1.29 is 4.74 Å². The van der Waals surface area contributed by atoms with E-state index in [1.807, 2.05) is 6.07 Å². The lowest BCUT2D eigenvalue weighted by molar-refractivity contribution is 0.253. The van der Waals surface area contributed by atoms with Crippen molar-refractivity contribution in [1.82, 2.24) is 0 Å². The van der Waals surface area contributed by atoms with E-state index in [4.69, 9.17) is 10.5 Å². The monoisotopic (exact) mass is 223 g/mol. The highest BCUT2D eigenvalue weighted by Gasteiger charge is 2.34. The summed E-state index contributed by atoms with van der Waals surface area (Å²) in [4.78, 5) is 1.17. The van der Waals surface area contributed by atoms with E-state index in [-0.39, 0.29) is 5.54 Å². The average Bonchev–Trinajstić information content (AvgIpc) is 2.25. The van der Waals surface area contributed by atoms with Gasteiger partial charge in [0.1, 0.15) is 5.75 Å². The molecule has 0 aromatic heterocycles. The zero-order valence-corrected chi connectivity index (χ0v) is 10.1. The van der Waals surface area contributed by atoms with Gasteiger partial charge in [0.25, 0.3) is 0 Å². The second-order valence-corrected chi connectivity index (χ2v) is 4.93. The van der Waals surface area contributed by atoms with Gasteiger partial charge in [0.05, 0.1) is 7.11 Å². The largest absolute Gasteiger partial charge is 0.496 e. The van der Waals surface area contributed by atoms with Gasteiger partial charge < -0.3 is 10.5 Å². The predicted molar refractivity (Wildman–Crippen MR) is 64.5 cm³/mol. The summed E-state index contributed by atoms with van der Waals surface area (Å²) in [5.41, 5.74) is 7.47. The number of hydrogen-bond donors (Lipinski definition) is 1. The molecule has 2 rings (SSSR count). The Labute approximate surface area is 95.2 Å². The molecule has 1 saturated carbocycles. The first kappa shape index (κ1) is 10.8. The van der Waals surface area contributed by atoms with Crippen LogP contribution in [0.25, 0.3) is 0 Å². The number of methoxy groups -OCH3 is 1.